The van der Waals surface area contributed by atoms with E-state index in [1.54, 1.807) is 0 Å². The van der Waals surface area contributed by atoms with Crippen LogP contribution in [-0.4, -0.2) is 0 Å². The lowest BCUT2D eigenvalue weighted by atomic mass is 10.2. The number of rotatable bonds is 8. The van der Waals surface area contributed by atoms with Gasteiger partial charge in [-0.25, -0.2) is 20.3 Å². The Morgan fingerprint density at radius 3 is 0.970 bits per heavy atom. The average Bonchev–Trinajstić information content (AvgIpc) is 2.79. The van der Waals surface area contributed by atoms with Crippen molar-refractivity contribution in [3.8, 4) is 0 Å². The van der Waals surface area contributed by atoms with Crippen LogP contribution in [0.2, 0.25) is 0 Å². The molecule has 6 heteroatoms. The molecule has 4 rings (SSSR count). The summed E-state index contributed by atoms with van der Waals surface area (Å²) < 4.78 is 0. The molecule has 33 heavy (non-hydrogen) atoms. The number of anilines is 4. The Morgan fingerprint density at radius 2 is 0.667 bits per heavy atom. The standard InChI is InChI=1S/C27H30N4P.ClH/c1-21-9-15-25(16-10-21)29-32(28-24-7-5-4-6-8-24,30-26-17-11-22(2)12-18-26)31-27-19-13-23(3)14-20-27;/h4-20,28-31H,1-3H3;1H/q+1;/p-1. The number of para-hydroxylation sites is 1. The van der Waals surface area contributed by atoms with Crippen LogP contribution < -0.4 is 32.8 Å². The van der Waals surface area contributed by atoms with Gasteiger partial charge in [-0.3, -0.25) is 0 Å². The molecule has 0 saturated carbocycles. The van der Waals surface area contributed by atoms with Crippen LogP contribution in [-0.2, 0) is 0 Å². The van der Waals surface area contributed by atoms with E-state index in [1.807, 2.05) is 18.2 Å². The zero-order valence-corrected chi connectivity index (χ0v) is 20.8. The largest absolute Gasteiger partial charge is 1.00 e. The lowest BCUT2D eigenvalue weighted by Gasteiger charge is -2.30. The summed E-state index contributed by atoms with van der Waals surface area (Å²) in [5.41, 5.74) is 7.82. The summed E-state index contributed by atoms with van der Waals surface area (Å²) in [5.74, 6) is 0. The summed E-state index contributed by atoms with van der Waals surface area (Å²) in [6, 6.07) is 35.7. The van der Waals surface area contributed by atoms with Crippen LogP contribution in [0.1, 0.15) is 16.7 Å². The van der Waals surface area contributed by atoms with E-state index in [2.05, 4.69) is 126 Å². The van der Waals surface area contributed by atoms with Gasteiger partial charge in [0, 0.05) is 0 Å². The third kappa shape index (κ3) is 6.89. The van der Waals surface area contributed by atoms with Gasteiger partial charge in [0.15, 0.2) is 0 Å². The van der Waals surface area contributed by atoms with Crippen molar-refractivity contribution in [3.63, 3.8) is 0 Å². The summed E-state index contributed by atoms with van der Waals surface area (Å²) in [6.07, 6.45) is 0. The SMILES string of the molecule is Cc1ccc(N[P+](Nc2ccccc2)(Nc2ccc(C)cc2)Nc2ccc(C)cc2)cc1.[Cl-]. The second kappa shape index (κ2) is 11.1. The molecule has 0 amide bonds. The van der Waals surface area contributed by atoms with Crippen molar-refractivity contribution in [1.29, 1.82) is 0 Å². The number of benzene rings is 4. The van der Waals surface area contributed by atoms with Crippen LogP contribution >= 0.6 is 7.87 Å². The highest BCUT2D eigenvalue weighted by molar-refractivity contribution is 7.81. The molecule has 0 aromatic heterocycles. The first-order chi connectivity index (χ1) is 15.5. The molecule has 0 aliphatic carbocycles. The van der Waals surface area contributed by atoms with Gasteiger partial charge < -0.3 is 12.4 Å². The van der Waals surface area contributed by atoms with Crippen molar-refractivity contribution < 1.29 is 12.4 Å². The first-order valence-corrected chi connectivity index (χ1v) is 12.6. The monoisotopic (exact) mass is 476 g/mol. The van der Waals surface area contributed by atoms with E-state index in [1.165, 1.54) is 16.7 Å². The van der Waals surface area contributed by atoms with Gasteiger partial charge in [-0.2, -0.15) is 0 Å². The van der Waals surface area contributed by atoms with Gasteiger partial charge in [0.1, 0.15) is 0 Å². The predicted octanol–water partition coefficient (Wildman–Crippen LogP) is 5.04. The van der Waals surface area contributed by atoms with Gasteiger partial charge >= 0.3 is 7.87 Å². The smallest absolute Gasteiger partial charge is 0.395 e. The van der Waals surface area contributed by atoms with Crippen LogP contribution in [0.3, 0.4) is 0 Å². The van der Waals surface area contributed by atoms with E-state index in [0.29, 0.717) is 0 Å². The second-order valence-corrected chi connectivity index (χ2v) is 10.3. The summed E-state index contributed by atoms with van der Waals surface area (Å²) in [7, 11) is -2.43. The number of hydrogen-bond acceptors (Lipinski definition) is 4. The Hall–Kier alpha value is -3.20. The second-order valence-electron chi connectivity index (χ2n) is 8.08. The molecule has 0 aliphatic heterocycles. The molecule has 4 aromatic carbocycles. The van der Waals surface area contributed by atoms with Gasteiger partial charge in [0.05, 0.1) is 22.7 Å². The zero-order chi connectivity index (χ0) is 22.4. The number of nitrogens with one attached hydrogen (secondary N) is 4. The maximum absolute atomic E-state index is 3.77. The van der Waals surface area contributed by atoms with Crippen molar-refractivity contribution in [1.82, 2.24) is 0 Å². The molecule has 4 nitrogen and oxygen atoms in total. The highest BCUT2D eigenvalue weighted by Crippen LogP contribution is 2.56. The van der Waals surface area contributed by atoms with Crippen molar-refractivity contribution >= 4 is 30.6 Å². The first-order valence-electron chi connectivity index (χ1n) is 10.8. The van der Waals surface area contributed by atoms with Gasteiger partial charge in [-0.15, -0.1) is 0 Å². The molecule has 0 saturated heterocycles. The Bertz CT molecular complexity index is 1020. The van der Waals surface area contributed by atoms with E-state index in [9.17, 15) is 0 Å². The Kier molecular flexibility index (Phi) is 8.21. The van der Waals surface area contributed by atoms with Crippen molar-refractivity contribution in [2.45, 2.75) is 20.8 Å². The van der Waals surface area contributed by atoms with Crippen LogP contribution in [0.15, 0.2) is 103 Å². The maximum Gasteiger partial charge on any atom is 0.395 e. The molecule has 0 aliphatic rings. The van der Waals surface area contributed by atoms with E-state index >= 15 is 0 Å². The fourth-order valence-corrected chi connectivity index (χ4v) is 5.82. The molecule has 0 atom stereocenters. The van der Waals surface area contributed by atoms with E-state index in [4.69, 9.17) is 0 Å². The van der Waals surface area contributed by atoms with Gasteiger partial charge in [-0.1, -0.05) is 71.3 Å². The quantitative estimate of drug-likeness (QED) is 0.269. The molecule has 0 heterocycles. The van der Waals surface area contributed by atoms with Crippen molar-refractivity contribution in [3.05, 3.63) is 120 Å². The van der Waals surface area contributed by atoms with Crippen molar-refractivity contribution in [2.75, 3.05) is 20.3 Å². The molecule has 4 N–H and O–H groups in total. The van der Waals surface area contributed by atoms with Crippen LogP contribution in [0.25, 0.3) is 0 Å². The summed E-state index contributed by atoms with van der Waals surface area (Å²) in [6.45, 7) is 6.30. The molecule has 4 aromatic rings. The van der Waals surface area contributed by atoms with Gasteiger partial charge in [0.25, 0.3) is 0 Å². The molecule has 0 unspecified atom stereocenters. The lowest BCUT2D eigenvalue weighted by molar-refractivity contribution is -0.00000662. The Morgan fingerprint density at radius 1 is 0.394 bits per heavy atom. The molecule has 0 spiro atoms. The number of hydrogen-bond donors (Lipinski definition) is 4. The highest BCUT2D eigenvalue weighted by atomic mass is 35.5. The maximum atomic E-state index is 3.77. The molecule has 0 bridgehead atoms. The van der Waals surface area contributed by atoms with E-state index < -0.39 is 7.87 Å². The molecule has 170 valence electrons. The van der Waals surface area contributed by atoms with Gasteiger partial charge in [-0.05, 0) is 69.3 Å². The van der Waals surface area contributed by atoms with Crippen LogP contribution in [0.5, 0.6) is 0 Å². The molecular formula is C27H30ClN4P. The zero-order valence-electron chi connectivity index (χ0n) is 19.1. The fourth-order valence-electron chi connectivity index (χ4n) is 3.34. The fraction of sp³-hybridized carbons (Fsp3) is 0.111. The normalized spacial score (nSPS) is 10.6. The first kappa shape index (κ1) is 24.4. The Balaban J connectivity index is 0.00000306. The minimum Gasteiger partial charge on any atom is -1.00 e. The third-order valence-corrected chi connectivity index (χ3v) is 7.49. The summed E-state index contributed by atoms with van der Waals surface area (Å²) >= 11 is 0. The van der Waals surface area contributed by atoms with Crippen LogP contribution in [0, 0.1) is 20.8 Å². The highest BCUT2D eigenvalue weighted by Gasteiger charge is 2.41. The van der Waals surface area contributed by atoms with Crippen molar-refractivity contribution in [2.24, 2.45) is 0 Å². The van der Waals surface area contributed by atoms with Gasteiger partial charge in [0.2, 0.25) is 0 Å². The van der Waals surface area contributed by atoms with E-state index in [-0.39, 0.29) is 12.4 Å². The topological polar surface area (TPSA) is 48.1 Å². The molecule has 0 radical (unpaired) electrons. The number of halogens is 1. The van der Waals surface area contributed by atoms with Crippen LogP contribution in [0.4, 0.5) is 22.7 Å². The predicted molar refractivity (Wildman–Crippen MR) is 141 cm³/mol. The summed E-state index contributed by atoms with van der Waals surface area (Å²) in [4.78, 5) is 0. The van der Waals surface area contributed by atoms with E-state index in [0.717, 1.165) is 22.7 Å². The molecule has 0 fully saturated rings. The third-order valence-electron chi connectivity index (χ3n) is 5.12. The number of aryl methyl sites for hydroxylation is 3. The summed E-state index contributed by atoms with van der Waals surface area (Å²) in [5, 5.41) is 15.1. The minimum atomic E-state index is -2.43. The minimum absolute atomic E-state index is 0. The lowest BCUT2D eigenvalue weighted by Crippen LogP contribution is -3.00. The Labute approximate surface area is 203 Å². The average molecular weight is 477 g/mol. The molecular weight excluding hydrogens is 447 g/mol.